The molecule has 3 heterocycles. The van der Waals surface area contributed by atoms with Crippen LogP contribution in [0.1, 0.15) is 18.4 Å². The SMILES string of the molecule is CN1CCCC(N(N)C2=C(C(I)C(=O)N3CCOCC3)CS(=O)(=O)c3ccccc32)C1. The van der Waals surface area contributed by atoms with Gasteiger partial charge in [0.25, 0.3) is 0 Å². The molecule has 0 aliphatic carbocycles. The van der Waals surface area contributed by atoms with Crippen molar-refractivity contribution in [3.8, 4) is 0 Å². The average molecular weight is 560 g/mol. The van der Waals surface area contributed by atoms with E-state index in [-0.39, 0.29) is 22.6 Å². The summed E-state index contributed by atoms with van der Waals surface area (Å²) in [7, 11) is -1.49. The molecule has 0 spiro atoms. The number of nitrogens with zero attached hydrogens (tertiary/aromatic N) is 3. The Kier molecular flexibility index (Phi) is 6.92. The molecule has 0 saturated carbocycles. The van der Waals surface area contributed by atoms with Crippen LogP contribution in [-0.2, 0) is 19.4 Å². The first kappa shape index (κ1) is 23.0. The fraction of sp³-hybridized carbons (Fsp3) is 0.571. The number of hydrazine groups is 1. The van der Waals surface area contributed by atoms with Gasteiger partial charge in [-0.05, 0) is 38.1 Å². The summed E-state index contributed by atoms with van der Waals surface area (Å²) >= 11 is 2.08. The summed E-state index contributed by atoms with van der Waals surface area (Å²) in [6, 6.07) is 7.04. The van der Waals surface area contributed by atoms with Crippen LogP contribution in [0.15, 0.2) is 34.7 Å². The molecule has 2 atom stereocenters. The van der Waals surface area contributed by atoms with Crippen molar-refractivity contribution in [1.82, 2.24) is 14.8 Å². The average Bonchev–Trinajstić information content (AvgIpc) is 2.78. The van der Waals surface area contributed by atoms with Crippen molar-refractivity contribution in [3.05, 3.63) is 35.4 Å². The maximum Gasteiger partial charge on any atom is 0.239 e. The van der Waals surface area contributed by atoms with Gasteiger partial charge in [-0.1, -0.05) is 40.8 Å². The third-order valence-corrected chi connectivity index (χ3v) is 9.23. The molecule has 1 aromatic carbocycles. The number of alkyl halides is 1. The molecular weight excluding hydrogens is 531 g/mol. The predicted octanol–water partition coefficient (Wildman–Crippen LogP) is 1.12. The van der Waals surface area contributed by atoms with Crippen LogP contribution in [0, 0.1) is 0 Å². The maximum absolute atomic E-state index is 13.3. The highest BCUT2D eigenvalue weighted by atomic mass is 127. The standard InChI is InChI=1S/C21H29IN4O4S/c1-24-8-4-5-15(13-24)26(23)20-16-6-2-3-7-18(16)31(28,29)14-17(20)19(22)21(27)25-9-11-30-12-10-25/h2-3,6-7,15,19H,4-5,8-14,23H2,1H3. The van der Waals surface area contributed by atoms with E-state index in [1.807, 2.05) is 6.07 Å². The zero-order chi connectivity index (χ0) is 22.2. The van der Waals surface area contributed by atoms with Crippen LogP contribution in [0.5, 0.6) is 0 Å². The van der Waals surface area contributed by atoms with Crippen LogP contribution in [0.2, 0.25) is 0 Å². The number of piperidine rings is 1. The molecule has 0 bridgehead atoms. The van der Waals surface area contributed by atoms with Gasteiger partial charge >= 0.3 is 0 Å². The number of fused-ring (bicyclic) bond motifs is 1. The number of rotatable bonds is 4. The highest BCUT2D eigenvalue weighted by molar-refractivity contribution is 14.1. The number of hydrogen-bond acceptors (Lipinski definition) is 7. The fourth-order valence-corrected chi connectivity index (χ4v) is 7.46. The number of hydrogen-bond donors (Lipinski definition) is 1. The van der Waals surface area contributed by atoms with Gasteiger partial charge in [0, 0.05) is 25.2 Å². The molecule has 1 aromatic rings. The normalized spacial score (nSPS) is 25.1. The van der Waals surface area contributed by atoms with Crippen molar-refractivity contribution >= 4 is 44.0 Å². The van der Waals surface area contributed by atoms with Gasteiger partial charge in [-0.25, -0.2) is 14.3 Å². The van der Waals surface area contributed by atoms with E-state index >= 15 is 0 Å². The molecule has 2 fully saturated rings. The van der Waals surface area contributed by atoms with Crippen molar-refractivity contribution in [2.75, 3.05) is 52.2 Å². The number of morpholine rings is 1. The Labute approximate surface area is 197 Å². The lowest BCUT2D eigenvalue weighted by molar-refractivity contribution is -0.133. The molecule has 10 heteroatoms. The van der Waals surface area contributed by atoms with Crippen LogP contribution in [0.4, 0.5) is 0 Å². The van der Waals surface area contributed by atoms with Crippen molar-refractivity contribution < 1.29 is 17.9 Å². The van der Waals surface area contributed by atoms with E-state index in [4.69, 9.17) is 10.6 Å². The molecule has 3 aliphatic heterocycles. The Hall–Kier alpha value is -1.21. The Morgan fingerprint density at radius 2 is 1.97 bits per heavy atom. The van der Waals surface area contributed by atoms with Crippen molar-refractivity contribution in [1.29, 1.82) is 0 Å². The zero-order valence-corrected chi connectivity index (χ0v) is 20.6. The lowest BCUT2D eigenvalue weighted by Gasteiger charge is -2.40. The van der Waals surface area contributed by atoms with E-state index in [2.05, 4.69) is 34.5 Å². The third-order valence-electron chi connectivity index (χ3n) is 6.22. The molecule has 0 radical (unpaired) electrons. The van der Waals surface area contributed by atoms with Crippen LogP contribution in [0.25, 0.3) is 5.70 Å². The number of carbonyl (C=O) groups excluding carboxylic acids is 1. The van der Waals surface area contributed by atoms with Gasteiger partial charge in [-0.2, -0.15) is 0 Å². The first-order chi connectivity index (χ1) is 14.8. The minimum Gasteiger partial charge on any atom is -0.378 e. The highest BCUT2D eigenvalue weighted by Crippen LogP contribution is 2.39. The van der Waals surface area contributed by atoms with Crippen molar-refractivity contribution in [3.63, 3.8) is 0 Å². The first-order valence-corrected chi connectivity index (χ1v) is 13.5. The molecule has 31 heavy (non-hydrogen) atoms. The van der Waals surface area contributed by atoms with Gasteiger partial charge in [-0.15, -0.1) is 0 Å². The number of nitrogens with two attached hydrogens (primary N) is 1. The smallest absolute Gasteiger partial charge is 0.239 e. The number of benzene rings is 1. The van der Waals surface area contributed by atoms with E-state index in [1.165, 1.54) is 0 Å². The zero-order valence-electron chi connectivity index (χ0n) is 17.7. The molecule has 2 N–H and O–H groups in total. The monoisotopic (exact) mass is 560 g/mol. The second kappa shape index (κ2) is 9.34. The summed E-state index contributed by atoms with van der Waals surface area (Å²) in [6.45, 7) is 3.85. The van der Waals surface area contributed by atoms with E-state index < -0.39 is 13.8 Å². The summed E-state index contributed by atoms with van der Waals surface area (Å²) in [5.41, 5.74) is 1.86. The summed E-state index contributed by atoms with van der Waals surface area (Å²) in [5.74, 6) is 6.42. The lowest BCUT2D eigenvalue weighted by atomic mass is 9.99. The number of sulfone groups is 1. The summed E-state index contributed by atoms with van der Waals surface area (Å²) in [5, 5.41) is 1.73. The van der Waals surface area contributed by atoms with Crippen molar-refractivity contribution in [2.24, 2.45) is 5.84 Å². The number of halogens is 1. The molecule has 3 aliphatic rings. The molecule has 2 saturated heterocycles. The van der Waals surface area contributed by atoms with Crippen LogP contribution in [0.3, 0.4) is 0 Å². The van der Waals surface area contributed by atoms with Gasteiger partial charge in [0.2, 0.25) is 5.91 Å². The number of ether oxygens (including phenoxy) is 1. The second-order valence-corrected chi connectivity index (χ2v) is 11.6. The Balaban J connectivity index is 1.78. The minimum atomic E-state index is -3.56. The van der Waals surface area contributed by atoms with E-state index in [0.29, 0.717) is 43.1 Å². The third kappa shape index (κ3) is 4.63. The van der Waals surface area contributed by atoms with Gasteiger partial charge in [0.15, 0.2) is 9.84 Å². The lowest BCUT2D eigenvalue weighted by Crippen LogP contribution is -2.51. The van der Waals surface area contributed by atoms with E-state index in [9.17, 15) is 13.2 Å². The van der Waals surface area contributed by atoms with Gasteiger partial charge < -0.3 is 19.5 Å². The Morgan fingerprint density at radius 1 is 1.26 bits per heavy atom. The summed E-state index contributed by atoms with van der Waals surface area (Å²) in [6.07, 6.45) is 1.95. The second-order valence-electron chi connectivity index (χ2n) is 8.39. The molecule has 4 rings (SSSR count). The molecule has 1 amide bonds. The van der Waals surface area contributed by atoms with Crippen LogP contribution < -0.4 is 5.84 Å². The van der Waals surface area contributed by atoms with Crippen LogP contribution in [-0.4, -0.2) is 91.3 Å². The highest BCUT2D eigenvalue weighted by Gasteiger charge is 2.39. The van der Waals surface area contributed by atoms with E-state index in [1.54, 1.807) is 28.1 Å². The number of carbonyl (C=O) groups is 1. The number of likely N-dealkylation sites (tertiary alicyclic amines) is 1. The molecular formula is C21H29IN4O4S. The minimum absolute atomic E-state index is 0.0553. The summed E-state index contributed by atoms with van der Waals surface area (Å²) < 4.78 is 31.0. The number of amides is 1. The van der Waals surface area contributed by atoms with Crippen molar-refractivity contribution in [2.45, 2.75) is 27.7 Å². The predicted molar refractivity (Wildman–Crippen MR) is 127 cm³/mol. The maximum atomic E-state index is 13.3. The first-order valence-electron chi connectivity index (χ1n) is 10.6. The van der Waals surface area contributed by atoms with Crippen LogP contribution >= 0.6 is 22.6 Å². The molecule has 170 valence electrons. The van der Waals surface area contributed by atoms with Gasteiger partial charge in [0.1, 0.15) is 3.92 Å². The number of likely N-dealkylation sites (N-methyl/N-ethyl adjacent to an activating group) is 1. The Morgan fingerprint density at radius 3 is 2.68 bits per heavy atom. The topological polar surface area (TPSA) is 96.2 Å². The fourth-order valence-electron chi connectivity index (χ4n) is 4.60. The quantitative estimate of drug-likeness (QED) is 0.255. The van der Waals surface area contributed by atoms with Gasteiger partial charge in [0.05, 0.1) is 35.6 Å². The molecule has 8 nitrogen and oxygen atoms in total. The summed E-state index contributed by atoms with van der Waals surface area (Å²) in [4.78, 5) is 17.6. The van der Waals surface area contributed by atoms with Gasteiger partial charge in [-0.3, -0.25) is 4.79 Å². The molecule has 0 aromatic heterocycles. The molecule has 2 unspecified atom stereocenters. The Bertz CT molecular complexity index is 977. The van der Waals surface area contributed by atoms with E-state index in [0.717, 1.165) is 25.9 Å². The largest absolute Gasteiger partial charge is 0.378 e.